The third-order valence-corrected chi connectivity index (χ3v) is 6.05. The molecule has 224 valence electrons. The van der Waals surface area contributed by atoms with E-state index >= 15 is 0 Å². The summed E-state index contributed by atoms with van der Waals surface area (Å²) in [4.78, 5) is 42.3. The predicted molar refractivity (Wildman–Crippen MR) is 157 cm³/mol. The van der Waals surface area contributed by atoms with Crippen molar-refractivity contribution in [2.75, 3.05) is 7.11 Å². The molecule has 44 heavy (non-hydrogen) atoms. The third kappa shape index (κ3) is 13.8. The van der Waals surface area contributed by atoms with Crippen LogP contribution in [0, 0.1) is 0 Å². The van der Waals surface area contributed by atoms with Crippen LogP contribution in [0.2, 0.25) is 0 Å². The molecule has 4 rings (SSSR count). The molecule has 0 aliphatic heterocycles. The average Bonchev–Trinajstić information content (AvgIpc) is 3.00. The van der Waals surface area contributed by atoms with E-state index in [0.717, 1.165) is 22.5 Å². The molecule has 0 aliphatic rings. The van der Waals surface area contributed by atoms with Crippen LogP contribution in [0.15, 0.2) is 84.9 Å². The molecule has 0 heterocycles. The number of phenols is 3. The maximum Gasteiger partial charge on any atom is 0.337 e. The molecule has 13 heteroatoms. The number of ether oxygens (including phenoxy) is 2. The van der Waals surface area contributed by atoms with Crippen molar-refractivity contribution in [1.82, 2.24) is 0 Å². The van der Waals surface area contributed by atoms with E-state index in [0.29, 0.717) is 23.9 Å². The Kier molecular flexibility index (Phi) is 20.2. The van der Waals surface area contributed by atoms with Crippen LogP contribution >= 0.6 is 15.9 Å². The molecule has 0 saturated carbocycles. The first-order chi connectivity index (χ1) is 20.1. The zero-order valence-corrected chi connectivity index (χ0v) is 30.7. The van der Waals surface area contributed by atoms with Gasteiger partial charge in [-0.15, -0.1) is 0 Å². The van der Waals surface area contributed by atoms with Crippen molar-refractivity contribution in [2.45, 2.75) is 11.9 Å². The largest absolute Gasteiger partial charge is 0.508 e. The summed E-state index contributed by atoms with van der Waals surface area (Å²) in [6, 6.07) is 21.8. The number of carbonyl (C=O) groups excluding carboxylic acids is 3. The molecule has 0 unspecified atom stereocenters. The quantitative estimate of drug-likeness (QED) is 0.0977. The van der Waals surface area contributed by atoms with Gasteiger partial charge in [0.25, 0.3) is 0 Å². The Morgan fingerprint density at radius 3 is 1.68 bits per heavy atom. The summed E-state index contributed by atoms with van der Waals surface area (Å²) in [5, 5.41) is 36.7. The number of methoxy groups -OCH3 is 1. The molecule has 10 nitrogen and oxygen atoms in total. The fraction of sp³-hybridized carbons (Fsp3) is 0.0968. The number of carbonyl (C=O) groups is 4. The minimum Gasteiger partial charge on any atom is -0.508 e. The van der Waals surface area contributed by atoms with Crippen molar-refractivity contribution in [3.63, 3.8) is 0 Å². The van der Waals surface area contributed by atoms with Gasteiger partial charge in [0.2, 0.25) is 0 Å². The number of phenolic OH excluding ortho intramolecular Hbond substituents is 3. The monoisotopic (exact) mass is 816 g/mol. The Morgan fingerprint density at radius 1 is 0.727 bits per heavy atom. The number of aldehydes is 2. The standard InChI is InChI=1S/C15H12O5.C9H9BrO2.C7H6O3.2Y/c16-8-12-5-6-13(7-14(12)17)20-9-10-1-3-11(4-2-10)15(18)19;1-12-9(11)8-4-2-7(6-10)3-5-8;8-4-5-1-2-6(9)3-7(5)10;;/h1-8,17H,9H2,(H,18,19);2-5H,6H2,1H3;1-4,9-10H;;. The van der Waals surface area contributed by atoms with Crippen LogP contribution in [0.5, 0.6) is 23.0 Å². The van der Waals surface area contributed by atoms with Crippen molar-refractivity contribution in [2.24, 2.45) is 0 Å². The van der Waals surface area contributed by atoms with Crippen LogP contribution in [0.1, 0.15) is 52.6 Å². The second-order valence-corrected chi connectivity index (χ2v) is 8.87. The van der Waals surface area contributed by atoms with E-state index in [1.54, 1.807) is 30.3 Å². The minimum atomic E-state index is -0.980. The van der Waals surface area contributed by atoms with Crippen LogP contribution < -0.4 is 4.74 Å². The zero-order chi connectivity index (χ0) is 31.1. The molecule has 0 saturated heterocycles. The summed E-state index contributed by atoms with van der Waals surface area (Å²) in [7, 11) is 1.38. The summed E-state index contributed by atoms with van der Waals surface area (Å²) < 4.78 is 10.0. The molecule has 4 N–H and O–H groups in total. The Hall–Kier alpha value is -2.95. The van der Waals surface area contributed by atoms with Gasteiger partial charge >= 0.3 is 11.9 Å². The van der Waals surface area contributed by atoms with E-state index < -0.39 is 5.97 Å². The van der Waals surface area contributed by atoms with Gasteiger partial charge in [-0.05, 0) is 59.7 Å². The molecule has 0 bridgehead atoms. The number of alkyl halides is 1. The first-order valence-electron chi connectivity index (χ1n) is 12.0. The molecule has 2 radical (unpaired) electrons. The number of halogens is 1. The van der Waals surface area contributed by atoms with Crippen molar-refractivity contribution in [3.05, 3.63) is 118 Å². The van der Waals surface area contributed by atoms with Gasteiger partial charge in [-0.1, -0.05) is 40.2 Å². The second kappa shape index (κ2) is 21.7. The van der Waals surface area contributed by atoms with Crippen molar-refractivity contribution < 1.29 is 114 Å². The maximum atomic E-state index is 11.0. The van der Waals surface area contributed by atoms with Gasteiger partial charge in [0.1, 0.15) is 29.6 Å². The minimum absolute atomic E-state index is 0. The van der Waals surface area contributed by atoms with E-state index in [2.05, 4.69) is 20.7 Å². The SMILES string of the molecule is COC(=O)c1ccc(CBr)cc1.O=Cc1ccc(O)cc1O.O=Cc1ccc(OCc2ccc(C(=O)O)cc2)cc1O.[Y].[Y]. The maximum absolute atomic E-state index is 11.0. The number of aromatic hydroxyl groups is 3. The van der Waals surface area contributed by atoms with Crippen LogP contribution in [-0.2, 0) is 82.1 Å². The molecular formula is C31H27BrO10Y2. The van der Waals surface area contributed by atoms with Gasteiger partial charge < -0.3 is 29.9 Å². The smallest absolute Gasteiger partial charge is 0.337 e. The van der Waals surface area contributed by atoms with Crippen LogP contribution in [-0.4, -0.2) is 52.0 Å². The Balaban J connectivity index is 0.000000664. The van der Waals surface area contributed by atoms with E-state index in [9.17, 15) is 24.3 Å². The topological polar surface area (TPSA) is 168 Å². The van der Waals surface area contributed by atoms with E-state index in [1.807, 2.05) is 12.1 Å². The van der Waals surface area contributed by atoms with Crippen molar-refractivity contribution in [1.29, 1.82) is 0 Å². The molecule has 0 amide bonds. The van der Waals surface area contributed by atoms with Gasteiger partial charge in [-0.3, -0.25) is 9.59 Å². The van der Waals surface area contributed by atoms with Gasteiger partial charge in [0.15, 0.2) is 12.6 Å². The number of hydrogen-bond acceptors (Lipinski definition) is 9. The Morgan fingerprint density at radius 2 is 1.23 bits per heavy atom. The zero-order valence-electron chi connectivity index (χ0n) is 23.4. The summed E-state index contributed by atoms with van der Waals surface area (Å²) in [6.45, 7) is 0.236. The van der Waals surface area contributed by atoms with E-state index in [1.165, 1.54) is 43.5 Å². The first-order valence-corrected chi connectivity index (χ1v) is 13.2. The summed E-state index contributed by atoms with van der Waals surface area (Å²) in [5.41, 5.74) is 3.11. The molecule has 0 aliphatic carbocycles. The fourth-order valence-electron chi connectivity index (χ4n) is 3.10. The molecule has 0 spiro atoms. The molecule has 4 aromatic carbocycles. The molecule has 0 fully saturated rings. The van der Waals surface area contributed by atoms with Gasteiger partial charge in [-0.2, -0.15) is 0 Å². The van der Waals surface area contributed by atoms with Crippen molar-refractivity contribution >= 4 is 40.4 Å². The molecule has 0 atom stereocenters. The number of rotatable bonds is 8. The average molecular weight is 817 g/mol. The number of carboxylic acid groups (broad SMARTS) is 1. The summed E-state index contributed by atoms with van der Waals surface area (Å²) in [6.07, 6.45) is 1.08. The van der Waals surface area contributed by atoms with E-state index in [4.69, 9.17) is 20.1 Å². The number of carboxylic acids is 1. The first kappa shape index (κ1) is 41.0. The Bertz CT molecular complexity index is 1510. The number of hydrogen-bond donors (Lipinski definition) is 4. The van der Waals surface area contributed by atoms with Crippen LogP contribution in [0.25, 0.3) is 0 Å². The number of benzene rings is 4. The van der Waals surface area contributed by atoms with Gasteiger partial charge in [0, 0.05) is 82.9 Å². The van der Waals surface area contributed by atoms with Crippen LogP contribution in [0.3, 0.4) is 0 Å². The molecular weight excluding hydrogens is 790 g/mol. The molecule has 4 aromatic rings. The van der Waals surface area contributed by atoms with Crippen LogP contribution in [0.4, 0.5) is 0 Å². The predicted octanol–water partition coefficient (Wildman–Crippen LogP) is 5.76. The number of esters is 1. The van der Waals surface area contributed by atoms with E-state index in [-0.39, 0.29) is 112 Å². The third-order valence-electron chi connectivity index (χ3n) is 5.41. The summed E-state index contributed by atoms with van der Waals surface area (Å²) in [5.74, 6) is -1.24. The fourth-order valence-corrected chi connectivity index (χ4v) is 3.48. The van der Waals surface area contributed by atoms with Crippen molar-refractivity contribution in [3.8, 4) is 23.0 Å². The summed E-state index contributed by atoms with van der Waals surface area (Å²) >= 11 is 3.32. The van der Waals surface area contributed by atoms with Gasteiger partial charge in [0.05, 0.1) is 29.4 Å². The normalized spacial score (nSPS) is 9.23. The second-order valence-electron chi connectivity index (χ2n) is 8.31. The Labute approximate surface area is 312 Å². The molecule has 0 aromatic heterocycles. The number of aromatic carboxylic acids is 1. The van der Waals surface area contributed by atoms with Gasteiger partial charge in [-0.25, -0.2) is 9.59 Å².